The van der Waals surface area contributed by atoms with Gasteiger partial charge in [-0.05, 0) is 77.5 Å². The van der Waals surface area contributed by atoms with Crippen LogP contribution in [0.15, 0.2) is 188 Å². The second kappa shape index (κ2) is 12.4. The quantitative estimate of drug-likeness (QED) is 0.172. The van der Waals surface area contributed by atoms with Gasteiger partial charge in [0.05, 0.1) is 0 Å². The van der Waals surface area contributed by atoms with E-state index in [1.807, 2.05) is 0 Å². The Labute approximate surface area is 301 Å². The minimum absolute atomic E-state index is 0.639. The molecule has 0 amide bonds. The van der Waals surface area contributed by atoms with Gasteiger partial charge in [-0.3, -0.25) is 0 Å². The van der Waals surface area contributed by atoms with Gasteiger partial charge in [-0.1, -0.05) is 176 Å². The van der Waals surface area contributed by atoms with E-state index in [4.69, 9.17) is 15.0 Å². The van der Waals surface area contributed by atoms with Crippen molar-refractivity contribution in [1.29, 1.82) is 0 Å². The number of hydrogen-bond acceptors (Lipinski definition) is 3. The van der Waals surface area contributed by atoms with Crippen molar-refractivity contribution in [2.75, 3.05) is 0 Å². The number of fused-ring (bicyclic) bond motifs is 5. The Hall–Kier alpha value is -6.97. The number of nitrogens with zero attached hydrogens (tertiary/aromatic N) is 3. The molecule has 3 nitrogen and oxygen atoms in total. The molecule has 10 aromatic rings. The summed E-state index contributed by atoms with van der Waals surface area (Å²) >= 11 is 0. The van der Waals surface area contributed by atoms with Crippen molar-refractivity contribution in [2.24, 2.45) is 0 Å². The van der Waals surface area contributed by atoms with Crippen LogP contribution in [0.4, 0.5) is 0 Å². The summed E-state index contributed by atoms with van der Waals surface area (Å²) in [5.41, 5.74) is 7.54. The zero-order chi connectivity index (χ0) is 34.4. The lowest BCUT2D eigenvalue weighted by Gasteiger charge is -2.12. The van der Waals surface area contributed by atoms with Crippen molar-refractivity contribution >= 4 is 43.1 Å². The molecule has 0 N–H and O–H groups in total. The maximum absolute atomic E-state index is 5.19. The first-order chi connectivity index (χ1) is 25.7. The predicted octanol–water partition coefficient (Wildman–Crippen LogP) is 12.8. The van der Waals surface area contributed by atoms with Crippen LogP contribution in [0.2, 0.25) is 0 Å². The summed E-state index contributed by atoms with van der Waals surface area (Å²) in [7, 11) is 0. The van der Waals surface area contributed by atoms with Gasteiger partial charge in [0.2, 0.25) is 0 Å². The highest BCUT2D eigenvalue weighted by atomic mass is 15.0. The minimum atomic E-state index is 0.639. The summed E-state index contributed by atoms with van der Waals surface area (Å²) in [5, 5.41) is 9.55. The van der Waals surface area contributed by atoms with Crippen molar-refractivity contribution < 1.29 is 0 Å². The number of rotatable bonds is 5. The Morgan fingerprint density at radius 3 is 1.58 bits per heavy atom. The summed E-state index contributed by atoms with van der Waals surface area (Å²) in [5.74, 6) is 1.94. The van der Waals surface area contributed by atoms with E-state index in [9.17, 15) is 0 Å². The molecule has 9 aromatic carbocycles. The Morgan fingerprint density at radius 2 is 0.750 bits per heavy atom. The molecule has 0 aliphatic rings. The average Bonchev–Trinajstić information content (AvgIpc) is 3.23. The molecular formula is C49H31N3. The van der Waals surface area contributed by atoms with Crippen LogP contribution in [0.3, 0.4) is 0 Å². The highest BCUT2D eigenvalue weighted by molar-refractivity contribution is 6.11. The van der Waals surface area contributed by atoms with E-state index < -0.39 is 0 Å². The molecule has 0 saturated heterocycles. The Morgan fingerprint density at radius 1 is 0.231 bits per heavy atom. The van der Waals surface area contributed by atoms with E-state index in [1.54, 1.807) is 0 Å². The fraction of sp³-hybridized carbons (Fsp3) is 0. The maximum atomic E-state index is 5.19. The van der Waals surface area contributed by atoms with E-state index in [-0.39, 0.29) is 0 Å². The predicted molar refractivity (Wildman–Crippen MR) is 217 cm³/mol. The van der Waals surface area contributed by atoms with Crippen molar-refractivity contribution in [3.63, 3.8) is 0 Å². The minimum Gasteiger partial charge on any atom is -0.208 e. The number of hydrogen-bond donors (Lipinski definition) is 0. The van der Waals surface area contributed by atoms with E-state index in [0.717, 1.165) is 38.6 Å². The molecule has 0 radical (unpaired) electrons. The maximum Gasteiger partial charge on any atom is 0.164 e. The van der Waals surface area contributed by atoms with Crippen molar-refractivity contribution in [3.8, 4) is 56.4 Å². The van der Waals surface area contributed by atoms with Crippen molar-refractivity contribution in [3.05, 3.63) is 188 Å². The molecule has 0 bridgehead atoms. The summed E-state index contributed by atoms with van der Waals surface area (Å²) in [4.78, 5) is 15.5. The fourth-order valence-electron chi connectivity index (χ4n) is 7.48. The van der Waals surface area contributed by atoms with Crippen molar-refractivity contribution in [1.82, 2.24) is 15.0 Å². The van der Waals surface area contributed by atoms with Crippen LogP contribution >= 0.6 is 0 Å². The SMILES string of the molecule is c1cc(-c2ccc(-c3cccc4ccccc34)cc2)cc(-c2nc(-c3ccc4ccccc4c3)nc(-c3cccc4c3ccc3ccccc34)n2)c1. The van der Waals surface area contributed by atoms with Gasteiger partial charge in [0.1, 0.15) is 0 Å². The van der Waals surface area contributed by atoms with E-state index in [1.165, 1.54) is 43.4 Å². The first kappa shape index (κ1) is 29.9. The van der Waals surface area contributed by atoms with Gasteiger partial charge < -0.3 is 0 Å². The third kappa shape index (κ3) is 5.28. The first-order valence-corrected chi connectivity index (χ1v) is 17.6. The van der Waals surface area contributed by atoms with Crippen molar-refractivity contribution in [2.45, 2.75) is 0 Å². The molecule has 52 heavy (non-hydrogen) atoms. The summed E-state index contributed by atoms with van der Waals surface area (Å²) in [6, 6.07) is 66.5. The van der Waals surface area contributed by atoms with Gasteiger partial charge >= 0.3 is 0 Å². The lowest BCUT2D eigenvalue weighted by Crippen LogP contribution is -2.01. The second-order valence-electron chi connectivity index (χ2n) is 13.2. The standard InChI is InChI=1S/C49H31N3/c1-2-13-37-31-40(27-24-32(37)10-1)48-50-47(51-49(52-48)46-21-9-20-44-43-18-6-4-12-35(43)28-29-45(44)46)39-16-7-15-38(30-39)33-22-25-36(26-23-33)42-19-8-14-34-11-3-5-17-41(34)42/h1-31H. The average molecular weight is 662 g/mol. The first-order valence-electron chi connectivity index (χ1n) is 17.6. The highest BCUT2D eigenvalue weighted by Crippen LogP contribution is 2.35. The van der Waals surface area contributed by atoms with Crippen LogP contribution in [0.5, 0.6) is 0 Å². The van der Waals surface area contributed by atoms with Gasteiger partial charge in [0.25, 0.3) is 0 Å². The van der Waals surface area contributed by atoms with Crippen LogP contribution in [-0.4, -0.2) is 15.0 Å². The Bertz CT molecular complexity index is 2960. The molecule has 3 heteroatoms. The van der Waals surface area contributed by atoms with Gasteiger partial charge in [-0.15, -0.1) is 0 Å². The molecule has 0 fully saturated rings. The Kier molecular flexibility index (Phi) is 7.14. The van der Waals surface area contributed by atoms with Gasteiger partial charge in [-0.25, -0.2) is 15.0 Å². The molecule has 0 unspecified atom stereocenters. The largest absolute Gasteiger partial charge is 0.208 e. The van der Waals surface area contributed by atoms with Crippen LogP contribution < -0.4 is 0 Å². The van der Waals surface area contributed by atoms with Gasteiger partial charge in [-0.2, -0.15) is 0 Å². The van der Waals surface area contributed by atoms with E-state index in [2.05, 4.69) is 188 Å². The summed E-state index contributed by atoms with van der Waals surface area (Å²) < 4.78 is 0. The molecule has 1 heterocycles. The lowest BCUT2D eigenvalue weighted by molar-refractivity contribution is 1.08. The van der Waals surface area contributed by atoms with Crippen LogP contribution in [0, 0.1) is 0 Å². The molecule has 0 aliphatic carbocycles. The van der Waals surface area contributed by atoms with E-state index >= 15 is 0 Å². The summed E-state index contributed by atoms with van der Waals surface area (Å²) in [6.45, 7) is 0. The highest BCUT2D eigenvalue weighted by Gasteiger charge is 2.16. The topological polar surface area (TPSA) is 38.7 Å². The summed E-state index contributed by atoms with van der Waals surface area (Å²) in [6.07, 6.45) is 0. The van der Waals surface area contributed by atoms with Crippen LogP contribution in [0.1, 0.15) is 0 Å². The van der Waals surface area contributed by atoms with Crippen LogP contribution in [0.25, 0.3) is 99.5 Å². The third-order valence-corrected chi connectivity index (χ3v) is 10.1. The lowest BCUT2D eigenvalue weighted by atomic mass is 9.96. The molecule has 1 aromatic heterocycles. The zero-order valence-corrected chi connectivity index (χ0v) is 28.2. The Balaban J connectivity index is 1.10. The molecule has 10 rings (SSSR count). The zero-order valence-electron chi connectivity index (χ0n) is 28.2. The van der Waals surface area contributed by atoms with Gasteiger partial charge in [0, 0.05) is 16.7 Å². The van der Waals surface area contributed by atoms with E-state index in [0.29, 0.717) is 17.5 Å². The molecule has 0 saturated carbocycles. The number of benzene rings is 9. The monoisotopic (exact) mass is 661 g/mol. The molecule has 0 aliphatic heterocycles. The smallest absolute Gasteiger partial charge is 0.164 e. The van der Waals surface area contributed by atoms with Gasteiger partial charge in [0.15, 0.2) is 17.5 Å². The molecule has 0 atom stereocenters. The molecule has 242 valence electrons. The normalized spacial score (nSPS) is 11.5. The van der Waals surface area contributed by atoms with Crippen LogP contribution in [-0.2, 0) is 0 Å². The number of aromatic nitrogens is 3. The fourth-order valence-corrected chi connectivity index (χ4v) is 7.48. The second-order valence-corrected chi connectivity index (χ2v) is 13.2. The molecule has 0 spiro atoms. The third-order valence-electron chi connectivity index (χ3n) is 10.1. The molecular weight excluding hydrogens is 631 g/mol.